The fraction of sp³-hybridized carbons (Fsp3) is 0.500. The Labute approximate surface area is 117 Å². The molecule has 1 aromatic rings. The van der Waals surface area contributed by atoms with Crippen LogP contribution in [0.15, 0.2) is 22.7 Å². The van der Waals surface area contributed by atoms with E-state index < -0.39 is 0 Å². The van der Waals surface area contributed by atoms with Gasteiger partial charge in [-0.05, 0) is 53.9 Å². The molecule has 98 valence electrons. The average Bonchev–Trinajstić information content (AvgIpc) is 2.54. The van der Waals surface area contributed by atoms with Gasteiger partial charge in [0.2, 0.25) is 0 Å². The third-order valence-corrected chi connectivity index (χ3v) is 4.26. The smallest absolute Gasteiger partial charge is 0.122 e. The molecule has 1 aliphatic heterocycles. The predicted molar refractivity (Wildman–Crippen MR) is 80.4 cm³/mol. The van der Waals surface area contributed by atoms with Gasteiger partial charge in [0.15, 0.2) is 0 Å². The van der Waals surface area contributed by atoms with E-state index in [0.717, 1.165) is 16.6 Å². The summed E-state index contributed by atoms with van der Waals surface area (Å²) in [6.45, 7) is 3.40. The van der Waals surface area contributed by atoms with Gasteiger partial charge in [0.1, 0.15) is 5.84 Å². The Morgan fingerprint density at radius 2 is 2.17 bits per heavy atom. The van der Waals surface area contributed by atoms with Crippen LogP contribution in [-0.4, -0.2) is 18.4 Å². The van der Waals surface area contributed by atoms with Crippen molar-refractivity contribution in [2.24, 2.45) is 5.73 Å². The highest BCUT2D eigenvalue weighted by Crippen LogP contribution is 2.31. The molecule has 18 heavy (non-hydrogen) atoms. The second kappa shape index (κ2) is 5.74. The molecule has 0 bridgehead atoms. The summed E-state index contributed by atoms with van der Waals surface area (Å²) in [6, 6.07) is 6.52. The van der Waals surface area contributed by atoms with Gasteiger partial charge in [-0.15, -0.1) is 0 Å². The van der Waals surface area contributed by atoms with Gasteiger partial charge in [0, 0.05) is 22.6 Å². The van der Waals surface area contributed by atoms with Crippen LogP contribution in [0.3, 0.4) is 0 Å². The van der Waals surface area contributed by atoms with Crippen LogP contribution in [0.1, 0.15) is 38.2 Å². The molecule has 4 heteroatoms. The fourth-order valence-corrected chi connectivity index (χ4v) is 3.15. The van der Waals surface area contributed by atoms with E-state index in [1.165, 1.54) is 31.4 Å². The number of halogens is 1. The molecule has 1 atom stereocenters. The number of nitrogen functional groups attached to an aromatic ring is 1. The highest BCUT2D eigenvalue weighted by molar-refractivity contribution is 9.10. The summed E-state index contributed by atoms with van der Waals surface area (Å²) in [7, 11) is 0. The molecule has 1 aromatic carbocycles. The highest BCUT2D eigenvalue weighted by atomic mass is 79.9. The molecule has 3 nitrogen and oxygen atoms in total. The Balaban J connectivity index is 2.29. The van der Waals surface area contributed by atoms with E-state index in [2.05, 4.69) is 33.8 Å². The second-order valence-electron chi connectivity index (χ2n) is 4.97. The van der Waals surface area contributed by atoms with Gasteiger partial charge < -0.3 is 10.6 Å². The van der Waals surface area contributed by atoms with Crippen molar-refractivity contribution in [3.8, 4) is 0 Å². The zero-order chi connectivity index (χ0) is 13.1. The van der Waals surface area contributed by atoms with Crippen LogP contribution < -0.4 is 10.6 Å². The maximum Gasteiger partial charge on any atom is 0.122 e. The lowest BCUT2D eigenvalue weighted by atomic mass is 10.1. The first kappa shape index (κ1) is 13.4. The molecule has 3 N–H and O–H groups in total. The van der Waals surface area contributed by atoms with Crippen LogP contribution in [0.5, 0.6) is 0 Å². The Morgan fingerprint density at radius 1 is 1.39 bits per heavy atom. The van der Waals surface area contributed by atoms with Crippen molar-refractivity contribution in [2.75, 3.05) is 11.4 Å². The van der Waals surface area contributed by atoms with Gasteiger partial charge in [-0.2, -0.15) is 0 Å². The van der Waals surface area contributed by atoms with Gasteiger partial charge in [-0.3, -0.25) is 5.41 Å². The van der Waals surface area contributed by atoms with Gasteiger partial charge in [-0.1, -0.05) is 12.8 Å². The molecule has 0 radical (unpaired) electrons. The van der Waals surface area contributed by atoms with E-state index in [4.69, 9.17) is 11.1 Å². The SMILES string of the molecule is CC1CCCCCN1c1ccc(C(=N)N)cc1Br. The summed E-state index contributed by atoms with van der Waals surface area (Å²) in [5, 5.41) is 7.46. The van der Waals surface area contributed by atoms with Crippen molar-refractivity contribution in [1.82, 2.24) is 0 Å². The first-order chi connectivity index (χ1) is 8.59. The van der Waals surface area contributed by atoms with Crippen molar-refractivity contribution in [2.45, 2.75) is 38.6 Å². The number of nitrogens with one attached hydrogen (secondary N) is 1. The van der Waals surface area contributed by atoms with Crippen molar-refractivity contribution >= 4 is 27.5 Å². The third-order valence-electron chi connectivity index (χ3n) is 3.62. The fourth-order valence-electron chi connectivity index (χ4n) is 2.54. The largest absolute Gasteiger partial charge is 0.384 e. The van der Waals surface area contributed by atoms with Gasteiger partial charge in [0.25, 0.3) is 0 Å². The predicted octanol–water partition coefficient (Wildman–Crippen LogP) is 3.50. The summed E-state index contributed by atoms with van der Waals surface area (Å²) >= 11 is 3.61. The summed E-state index contributed by atoms with van der Waals surface area (Å²) in [4.78, 5) is 2.46. The minimum atomic E-state index is 0.117. The Morgan fingerprint density at radius 3 is 2.83 bits per heavy atom. The number of nitrogens with zero attached hydrogens (tertiary/aromatic N) is 1. The van der Waals surface area contributed by atoms with Crippen LogP contribution in [0, 0.1) is 5.41 Å². The number of nitrogens with two attached hydrogens (primary N) is 1. The Kier molecular flexibility index (Phi) is 4.27. The molecule has 0 amide bonds. The lowest BCUT2D eigenvalue weighted by Gasteiger charge is -2.30. The van der Waals surface area contributed by atoms with Gasteiger partial charge in [-0.25, -0.2) is 0 Å². The van der Waals surface area contributed by atoms with E-state index in [-0.39, 0.29) is 5.84 Å². The number of hydrogen-bond donors (Lipinski definition) is 2. The summed E-state index contributed by atoms with van der Waals surface area (Å²) < 4.78 is 1.03. The van der Waals surface area contributed by atoms with Crippen molar-refractivity contribution in [3.63, 3.8) is 0 Å². The molecule has 0 spiro atoms. The van der Waals surface area contributed by atoms with Gasteiger partial charge in [0.05, 0.1) is 5.69 Å². The molecule has 1 fully saturated rings. The van der Waals surface area contributed by atoms with E-state index in [9.17, 15) is 0 Å². The van der Waals surface area contributed by atoms with Crippen molar-refractivity contribution in [3.05, 3.63) is 28.2 Å². The monoisotopic (exact) mass is 309 g/mol. The Hall–Kier alpha value is -1.03. The Bertz CT molecular complexity index is 445. The lowest BCUT2D eigenvalue weighted by Crippen LogP contribution is -2.32. The lowest BCUT2D eigenvalue weighted by molar-refractivity contribution is 0.615. The quantitative estimate of drug-likeness (QED) is 0.649. The standard InChI is InChI=1S/C14H20BrN3/c1-10-5-3-2-4-8-18(10)13-7-6-11(14(16)17)9-12(13)15/h6-7,9-10H,2-5,8H2,1H3,(H3,16,17). The van der Waals surface area contributed by atoms with Crippen LogP contribution in [0.2, 0.25) is 0 Å². The van der Waals surface area contributed by atoms with Gasteiger partial charge >= 0.3 is 0 Å². The normalized spacial score (nSPS) is 20.6. The van der Waals surface area contributed by atoms with Crippen LogP contribution in [-0.2, 0) is 0 Å². The van der Waals surface area contributed by atoms with Crippen LogP contribution in [0.25, 0.3) is 0 Å². The van der Waals surface area contributed by atoms with E-state index in [0.29, 0.717) is 6.04 Å². The summed E-state index contributed by atoms with van der Waals surface area (Å²) in [5.74, 6) is 0.117. The maximum atomic E-state index is 7.46. The molecule has 0 saturated carbocycles. The molecule has 0 aliphatic carbocycles. The van der Waals surface area contributed by atoms with E-state index in [1.54, 1.807) is 0 Å². The molecule has 1 aliphatic rings. The third kappa shape index (κ3) is 2.86. The number of anilines is 1. The average molecular weight is 310 g/mol. The van der Waals surface area contributed by atoms with Crippen LogP contribution >= 0.6 is 15.9 Å². The van der Waals surface area contributed by atoms with Crippen molar-refractivity contribution < 1.29 is 0 Å². The minimum Gasteiger partial charge on any atom is -0.384 e. The molecular weight excluding hydrogens is 290 g/mol. The topological polar surface area (TPSA) is 53.1 Å². The summed E-state index contributed by atoms with van der Waals surface area (Å²) in [5.41, 5.74) is 7.50. The van der Waals surface area contributed by atoms with E-state index >= 15 is 0 Å². The molecule has 0 aromatic heterocycles. The number of rotatable bonds is 2. The van der Waals surface area contributed by atoms with Crippen LogP contribution in [0.4, 0.5) is 5.69 Å². The first-order valence-electron chi connectivity index (χ1n) is 6.50. The van der Waals surface area contributed by atoms with E-state index in [1.807, 2.05) is 12.1 Å². The number of amidine groups is 1. The first-order valence-corrected chi connectivity index (χ1v) is 7.29. The molecule has 1 heterocycles. The summed E-state index contributed by atoms with van der Waals surface area (Å²) in [6.07, 6.45) is 5.15. The molecule has 1 unspecified atom stereocenters. The van der Waals surface area contributed by atoms with Crippen molar-refractivity contribution in [1.29, 1.82) is 5.41 Å². The molecular formula is C14H20BrN3. The maximum absolute atomic E-state index is 7.46. The minimum absolute atomic E-state index is 0.117. The number of hydrogen-bond acceptors (Lipinski definition) is 2. The molecule has 2 rings (SSSR count). The molecule has 1 saturated heterocycles. The second-order valence-corrected chi connectivity index (χ2v) is 5.83. The zero-order valence-electron chi connectivity index (χ0n) is 10.7. The highest BCUT2D eigenvalue weighted by Gasteiger charge is 2.19. The number of benzene rings is 1. The zero-order valence-corrected chi connectivity index (χ0v) is 12.3.